The Morgan fingerprint density at radius 2 is 0.765 bits per heavy atom. The van der Waals surface area contributed by atoms with Gasteiger partial charge in [0.1, 0.15) is 13.2 Å². The van der Waals surface area contributed by atoms with E-state index in [1.807, 2.05) is 27.2 Å². The van der Waals surface area contributed by atoms with Crippen LogP contribution in [-0.2, 0) is 18.4 Å². The van der Waals surface area contributed by atoms with Crippen LogP contribution in [0.2, 0.25) is 0 Å². The Morgan fingerprint density at radius 3 is 1.15 bits per heavy atom. The van der Waals surface area contributed by atoms with Gasteiger partial charge in [-0.25, -0.2) is 0 Å². The summed E-state index contributed by atoms with van der Waals surface area (Å²) in [6.07, 6.45) is 93.7. The number of nitrogens with zero attached hydrogens (tertiary/aromatic N) is 1. The molecule has 0 spiro atoms. The van der Waals surface area contributed by atoms with E-state index < -0.39 is 26.6 Å². The van der Waals surface area contributed by atoms with Crippen LogP contribution in [0.3, 0.4) is 0 Å². The number of hydrogen-bond acceptors (Lipinski definition) is 6. The zero-order valence-electron chi connectivity index (χ0n) is 52.7. The van der Waals surface area contributed by atoms with Crippen molar-refractivity contribution in [1.82, 2.24) is 5.32 Å². The van der Waals surface area contributed by atoms with Gasteiger partial charge in [-0.05, 0) is 109 Å². The molecule has 0 radical (unpaired) electrons. The fraction of sp³-hybridized carbons (Fsp3) is 0.653. The Bertz CT molecular complexity index is 1830. The summed E-state index contributed by atoms with van der Waals surface area (Å²) in [6.45, 7) is 4.51. The van der Waals surface area contributed by atoms with Crippen LogP contribution in [0.4, 0.5) is 0 Å². The smallest absolute Gasteiger partial charge is 0.268 e. The molecule has 0 bridgehead atoms. The number of amides is 1. The lowest BCUT2D eigenvalue weighted by atomic mass is 10.0. The second-order valence-electron chi connectivity index (χ2n) is 22.7. The van der Waals surface area contributed by atoms with Crippen molar-refractivity contribution in [3.05, 3.63) is 146 Å². The van der Waals surface area contributed by atoms with Gasteiger partial charge < -0.3 is 28.8 Å². The van der Waals surface area contributed by atoms with Crippen LogP contribution in [0.1, 0.15) is 251 Å². The lowest BCUT2D eigenvalue weighted by Crippen LogP contribution is -2.45. The molecule has 0 fully saturated rings. The highest BCUT2D eigenvalue weighted by molar-refractivity contribution is 7.45. The van der Waals surface area contributed by atoms with E-state index in [9.17, 15) is 19.4 Å². The summed E-state index contributed by atoms with van der Waals surface area (Å²) in [4.78, 5) is 25.5. The molecule has 0 aliphatic carbocycles. The van der Waals surface area contributed by atoms with Crippen molar-refractivity contribution in [1.29, 1.82) is 0 Å². The molecule has 462 valence electrons. The minimum Gasteiger partial charge on any atom is -0.756 e. The first-order valence-electron chi connectivity index (χ1n) is 32.7. The molecule has 1 amide bonds. The monoisotopic (exact) mass is 1140 g/mol. The summed E-state index contributed by atoms with van der Waals surface area (Å²) in [5, 5.41) is 13.9. The van der Waals surface area contributed by atoms with Crippen molar-refractivity contribution in [2.75, 3.05) is 40.9 Å². The quantitative estimate of drug-likeness (QED) is 0.0272. The van der Waals surface area contributed by atoms with Gasteiger partial charge in [0, 0.05) is 6.42 Å². The number of allylic oxidation sites excluding steroid dienone is 23. The zero-order valence-corrected chi connectivity index (χ0v) is 53.6. The molecule has 0 saturated carbocycles. The number of unbranched alkanes of at least 4 members (excludes halogenated alkanes) is 23. The molecule has 0 aromatic carbocycles. The van der Waals surface area contributed by atoms with Gasteiger partial charge in [0.25, 0.3) is 7.82 Å². The predicted octanol–water partition coefficient (Wildman–Crippen LogP) is 20.2. The number of aliphatic hydroxyl groups excluding tert-OH is 1. The fourth-order valence-corrected chi connectivity index (χ4v) is 9.45. The predicted molar refractivity (Wildman–Crippen MR) is 352 cm³/mol. The molecule has 0 saturated heterocycles. The highest BCUT2D eigenvalue weighted by Crippen LogP contribution is 2.38. The summed E-state index contributed by atoms with van der Waals surface area (Å²) >= 11 is 0. The van der Waals surface area contributed by atoms with Crippen molar-refractivity contribution in [2.45, 2.75) is 264 Å². The Hall–Kier alpha value is -3.62. The first-order valence-corrected chi connectivity index (χ1v) is 34.2. The average Bonchev–Trinajstić information content (AvgIpc) is 3.43. The van der Waals surface area contributed by atoms with Gasteiger partial charge in [-0.1, -0.05) is 282 Å². The molecule has 0 heterocycles. The third kappa shape index (κ3) is 63.8. The first kappa shape index (κ1) is 77.4. The summed E-state index contributed by atoms with van der Waals surface area (Å²) in [7, 11) is 1.23. The normalized spacial score (nSPS) is 14.7. The molecule has 9 heteroatoms. The SMILES string of the molecule is CC/C=C\C/C=C\C/C=C\C/C=C\C/C=C\C/C=C\C/C=C\C/C=C\C/C=C\C/C=C\CCCCCCCCCCCCC(=O)NC(COP(=O)([O-])OCC[N+](C)(C)C)C(O)/C=C/CC/C=C/CCCCCCCCCCCCCC. The third-order valence-corrected chi connectivity index (χ3v) is 14.7. The summed E-state index contributed by atoms with van der Waals surface area (Å²) in [5.41, 5.74) is 0. The molecule has 0 aliphatic rings. The molecule has 0 aliphatic heterocycles. The minimum atomic E-state index is -4.62. The summed E-state index contributed by atoms with van der Waals surface area (Å²) in [5.74, 6) is -0.217. The highest BCUT2D eigenvalue weighted by Gasteiger charge is 2.23. The molecule has 81 heavy (non-hydrogen) atoms. The molecular weight excluding hydrogens is 1020 g/mol. The lowest BCUT2D eigenvalue weighted by Gasteiger charge is -2.29. The van der Waals surface area contributed by atoms with Crippen LogP contribution < -0.4 is 10.2 Å². The molecule has 0 rings (SSSR count). The summed E-state index contributed by atoms with van der Waals surface area (Å²) < 4.78 is 23.4. The Balaban J connectivity index is 4.14. The average molecular weight is 1140 g/mol. The number of phosphoric ester groups is 1. The number of rotatable bonds is 58. The van der Waals surface area contributed by atoms with E-state index in [1.54, 1.807) is 6.08 Å². The number of hydrogen-bond donors (Lipinski definition) is 2. The number of quaternary nitrogens is 1. The molecule has 0 aromatic rings. The zero-order chi connectivity index (χ0) is 59.1. The maximum absolute atomic E-state index is 13.0. The van der Waals surface area contributed by atoms with Crippen molar-refractivity contribution in [3.8, 4) is 0 Å². The van der Waals surface area contributed by atoms with Gasteiger partial charge in [0.2, 0.25) is 5.91 Å². The van der Waals surface area contributed by atoms with Crippen LogP contribution in [-0.4, -0.2) is 68.5 Å². The van der Waals surface area contributed by atoms with Crippen LogP contribution >= 0.6 is 7.82 Å². The maximum Gasteiger partial charge on any atom is 0.268 e. The van der Waals surface area contributed by atoms with Crippen LogP contribution in [0, 0.1) is 0 Å². The number of aliphatic hydroxyl groups is 1. The molecule has 3 atom stereocenters. The topological polar surface area (TPSA) is 108 Å². The van der Waals surface area contributed by atoms with E-state index in [0.717, 1.165) is 116 Å². The van der Waals surface area contributed by atoms with Gasteiger partial charge in [-0.2, -0.15) is 0 Å². The van der Waals surface area contributed by atoms with Gasteiger partial charge in [0.05, 0.1) is 39.9 Å². The van der Waals surface area contributed by atoms with E-state index in [-0.39, 0.29) is 12.5 Å². The van der Waals surface area contributed by atoms with Gasteiger partial charge >= 0.3 is 0 Å². The van der Waals surface area contributed by atoms with Crippen molar-refractivity contribution in [3.63, 3.8) is 0 Å². The standard InChI is InChI=1S/C72H123N2O6P/c1-6-8-10-12-14-16-18-20-22-24-26-27-28-29-30-31-32-33-34-35-36-37-38-39-40-41-42-43-44-45-46-47-48-50-52-54-56-58-60-62-64-66-72(76)73-70(69-80-81(77,78)79-68-67-74(3,4)5)71(75)65-63-61-59-57-55-53-51-49-25-23-21-19-17-15-13-11-9-7-2/h8,10,14,16,20,22,26-27,29-30,32-33,35-36,38-39,41-42,44-45,55,57,63,65,70-71,75H,6-7,9,11-13,15,17-19,21,23-25,28,31,34,37,40,43,46-54,56,58-62,64,66-69H2,1-5H3,(H-,73,76,77,78)/b10-8-,16-14-,22-20-,27-26-,30-29-,33-32-,36-35-,39-38-,42-41-,45-44-,57-55+,65-63+. The maximum atomic E-state index is 13.0. The Labute approximate surface area is 499 Å². The highest BCUT2D eigenvalue weighted by atomic mass is 31.2. The van der Waals surface area contributed by atoms with Crippen molar-refractivity contribution < 1.29 is 32.9 Å². The first-order chi connectivity index (χ1) is 39.5. The van der Waals surface area contributed by atoms with E-state index in [0.29, 0.717) is 17.4 Å². The molecule has 2 N–H and O–H groups in total. The molecule has 0 aromatic heterocycles. The Kier molecular flexibility index (Phi) is 58.2. The number of carbonyl (C=O) groups is 1. The van der Waals surface area contributed by atoms with Crippen molar-refractivity contribution >= 4 is 13.7 Å². The Morgan fingerprint density at radius 1 is 0.444 bits per heavy atom. The lowest BCUT2D eigenvalue weighted by molar-refractivity contribution is -0.870. The number of carbonyl (C=O) groups excluding carboxylic acids is 1. The van der Waals surface area contributed by atoms with Crippen LogP contribution in [0.5, 0.6) is 0 Å². The fourth-order valence-electron chi connectivity index (χ4n) is 8.73. The second kappa shape index (κ2) is 61.0. The van der Waals surface area contributed by atoms with E-state index >= 15 is 0 Å². The number of likely N-dealkylation sites (N-methyl/N-ethyl adjacent to an activating group) is 1. The van der Waals surface area contributed by atoms with E-state index in [2.05, 4.69) is 153 Å². The summed E-state index contributed by atoms with van der Waals surface area (Å²) in [6, 6.07) is -0.916. The van der Waals surface area contributed by atoms with E-state index in [1.165, 1.54) is 116 Å². The third-order valence-electron chi connectivity index (χ3n) is 13.8. The molecule has 3 unspecified atom stereocenters. The number of nitrogens with one attached hydrogen (secondary N) is 1. The van der Waals surface area contributed by atoms with Crippen molar-refractivity contribution in [2.24, 2.45) is 0 Å². The van der Waals surface area contributed by atoms with Crippen LogP contribution in [0.15, 0.2) is 146 Å². The van der Waals surface area contributed by atoms with Gasteiger partial charge in [0.15, 0.2) is 0 Å². The van der Waals surface area contributed by atoms with Gasteiger partial charge in [-0.15, -0.1) is 0 Å². The molecule has 8 nitrogen and oxygen atoms in total. The largest absolute Gasteiger partial charge is 0.756 e. The second-order valence-corrected chi connectivity index (χ2v) is 24.1. The van der Waals surface area contributed by atoms with E-state index in [4.69, 9.17) is 9.05 Å². The number of phosphoric acid groups is 1. The van der Waals surface area contributed by atoms with Crippen LogP contribution in [0.25, 0.3) is 0 Å². The van der Waals surface area contributed by atoms with Gasteiger partial charge in [-0.3, -0.25) is 9.36 Å². The minimum absolute atomic E-state index is 0.0136. The molecular formula is C72H123N2O6P.